The first-order valence-electron chi connectivity index (χ1n) is 5.71. The van der Waals surface area contributed by atoms with E-state index in [1.165, 1.54) is 18.5 Å². The number of pyridine rings is 1. The van der Waals surface area contributed by atoms with Crippen LogP contribution in [0.1, 0.15) is 18.2 Å². The van der Waals surface area contributed by atoms with E-state index in [0.29, 0.717) is 5.69 Å². The van der Waals surface area contributed by atoms with Crippen molar-refractivity contribution >= 4 is 16.6 Å². The zero-order chi connectivity index (χ0) is 12.5. The Morgan fingerprint density at radius 3 is 2.94 bits per heavy atom. The van der Waals surface area contributed by atoms with Crippen LogP contribution in [0.5, 0.6) is 0 Å². The molecule has 0 spiro atoms. The van der Waals surface area contributed by atoms with Crippen LogP contribution in [0.2, 0.25) is 0 Å². The molecule has 1 aromatic heterocycles. The quantitative estimate of drug-likeness (QED) is 0.567. The van der Waals surface area contributed by atoms with Crippen molar-refractivity contribution in [1.29, 1.82) is 0 Å². The second-order valence-corrected chi connectivity index (χ2v) is 4.21. The number of nitrogens with zero attached hydrogens (tertiary/aromatic N) is 1. The van der Waals surface area contributed by atoms with E-state index in [0.717, 1.165) is 15.5 Å². The molecule has 0 bridgehead atoms. The van der Waals surface area contributed by atoms with Crippen LogP contribution in [-0.4, -0.2) is 5.78 Å². The van der Waals surface area contributed by atoms with Crippen LogP contribution in [0.3, 0.4) is 0 Å². The van der Waals surface area contributed by atoms with Crippen LogP contribution in [-0.2, 0) is 9.53 Å². The molecule has 4 heteroatoms. The first-order chi connectivity index (χ1) is 8.75. The van der Waals surface area contributed by atoms with Crippen molar-refractivity contribution in [2.24, 2.45) is 0 Å². The van der Waals surface area contributed by atoms with Gasteiger partial charge in [0.05, 0.1) is 18.1 Å². The van der Waals surface area contributed by atoms with Gasteiger partial charge in [0.2, 0.25) is 5.69 Å². The number of fused-ring (bicyclic) bond motifs is 1. The Labute approximate surface area is 104 Å². The third kappa shape index (κ3) is 1.72. The van der Waals surface area contributed by atoms with Crippen molar-refractivity contribution in [3.63, 3.8) is 0 Å². The maximum Gasteiger partial charge on any atom is 0.241 e. The molecule has 18 heavy (non-hydrogen) atoms. The zero-order valence-electron chi connectivity index (χ0n) is 9.58. The Kier molecular flexibility index (Phi) is 2.48. The van der Waals surface area contributed by atoms with Crippen molar-refractivity contribution in [1.82, 2.24) is 0 Å². The zero-order valence-corrected chi connectivity index (χ0v) is 9.58. The van der Waals surface area contributed by atoms with Gasteiger partial charge < -0.3 is 9.94 Å². The van der Waals surface area contributed by atoms with Crippen molar-refractivity contribution in [2.75, 3.05) is 0 Å². The first kappa shape index (κ1) is 10.8. The highest BCUT2D eigenvalue weighted by molar-refractivity contribution is 5.91. The maximum absolute atomic E-state index is 11.9. The van der Waals surface area contributed by atoms with Crippen LogP contribution >= 0.6 is 0 Å². The fourth-order valence-corrected chi connectivity index (χ4v) is 2.21. The van der Waals surface area contributed by atoms with Crippen LogP contribution in [0.4, 0.5) is 0 Å². The Morgan fingerprint density at radius 2 is 2.11 bits per heavy atom. The van der Waals surface area contributed by atoms with Gasteiger partial charge in [-0.2, -0.15) is 4.73 Å². The van der Waals surface area contributed by atoms with Crippen molar-refractivity contribution < 1.29 is 14.3 Å². The number of hydrogen-bond donors (Lipinski definition) is 0. The highest BCUT2D eigenvalue weighted by Crippen LogP contribution is 2.28. The van der Waals surface area contributed by atoms with Gasteiger partial charge in [-0.05, 0) is 11.5 Å². The lowest BCUT2D eigenvalue weighted by Crippen LogP contribution is -2.34. The summed E-state index contributed by atoms with van der Waals surface area (Å²) in [6, 6.07) is 9.33. The van der Waals surface area contributed by atoms with Gasteiger partial charge in [-0.25, -0.2) is 0 Å². The molecule has 2 heterocycles. The van der Waals surface area contributed by atoms with Gasteiger partial charge in [0.1, 0.15) is 0 Å². The minimum absolute atomic E-state index is 0.0285. The lowest BCUT2D eigenvalue weighted by Gasteiger charge is -2.19. The molecule has 0 N–H and O–H groups in total. The molecule has 0 radical (unpaired) electrons. The van der Waals surface area contributed by atoms with Crippen LogP contribution in [0.25, 0.3) is 10.8 Å². The molecule has 90 valence electrons. The Hall–Kier alpha value is -2.36. The van der Waals surface area contributed by atoms with Gasteiger partial charge in [-0.3, -0.25) is 4.79 Å². The molecule has 1 aliphatic rings. The van der Waals surface area contributed by atoms with E-state index in [9.17, 15) is 10.0 Å². The predicted molar refractivity (Wildman–Crippen MR) is 65.5 cm³/mol. The van der Waals surface area contributed by atoms with E-state index in [1.807, 2.05) is 24.3 Å². The second-order valence-electron chi connectivity index (χ2n) is 4.21. The lowest BCUT2D eigenvalue weighted by molar-refractivity contribution is -0.616. The highest BCUT2D eigenvalue weighted by atomic mass is 16.5. The first-order valence-corrected chi connectivity index (χ1v) is 5.71. The van der Waals surface area contributed by atoms with E-state index >= 15 is 0 Å². The normalized spacial score (nSPS) is 18.9. The number of benzene rings is 1. The fraction of sp³-hybridized carbons (Fsp3) is 0.143. The monoisotopic (exact) mass is 241 g/mol. The summed E-state index contributed by atoms with van der Waals surface area (Å²) in [7, 11) is 0. The number of rotatable bonds is 1. The summed E-state index contributed by atoms with van der Waals surface area (Å²) in [4.78, 5) is 11.4. The average molecular weight is 241 g/mol. The third-order valence-electron chi connectivity index (χ3n) is 3.05. The smallest absolute Gasteiger partial charge is 0.241 e. The van der Waals surface area contributed by atoms with E-state index in [2.05, 4.69) is 0 Å². The molecule has 0 amide bonds. The summed E-state index contributed by atoms with van der Waals surface area (Å²) < 4.78 is 6.18. The fourth-order valence-electron chi connectivity index (χ4n) is 2.21. The molecule has 3 rings (SSSR count). The number of hydrogen-bond acceptors (Lipinski definition) is 3. The maximum atomic E-state index is 11.9. The molecule has 0 saturated heterocycles. The molecule has 4 nitrogen and oxygen atoms in total. The second kappa shape index (κ2) is 4.14. The standard InChI is InChI=1S/C14H11NO3/c16-11-6-8-18-13(9-11)14-12-4-2-1-3-10(12)5-7-15(14)17/h1-8,13H,9H2/t13-/m0/s1. The SMILES string of the molecule is O=C1C=CO[C@H](c2c3ccccc3cc[n+]2[O-])C1. The molecule has 1 aromatic carbocycles. The summed E-state index contributed by atoms with van der Waals surface area (Å²) in [5.41, 5.74) is 0.491. The van der Waals surface area contributed by atoms with Crippen LogP contribution in [0, 0.1) is 5.21 Å². The Bertz CT molecular complexity index is 649. The predicted octanol–water partition coefficient (Wildman–Crippen LogP) is 2.02. The molecule has 1 aliphatic heterocycles. The molecule has 0 saturated carbocycles. The number of carbonyl (C=O) groups is 1. The van der Waals surface area contributed by atoms with Crippen LogP contribution < -0.4 is 4.73 Å². The molecule has 0 aliphatic carbocycles. The molecule has 0 unspecified atom stereocenters. The van der Waals surface area contributed by atoms with E-state index in [-0.39, 0.29) is 12.2 Å². The summed E-state index contributed by atoms with van der Waals surface area (Å²) in [6.45, 7) is 0. The topological polar surface area (TPSA) is 53.2 Å². The number of ketones is 1. The lowest BCUT2D eigenvalue weighted by atomic mass is 10.0. The van der Waals surface area contributed by atoms with Gasteiger partial charge in [-0.15, -0.1) is 0 Å². The average Bonchev–Trinajstić information content (AvgIpc) is 2.38. The molecular formula is C14H11NO3. The minimum Gasteiger partial charge on any atom is -0.618 e. The summed E-state index contributed by atoms with van der Waals surface area (Å²) in [6.07, 6.45) is 3.89. The van der Waals surface area contributed by atoms with Crippen molar-refractivity contribution in [3.8, 4) is 0 Å². The number of allylic oxidation sites excluding steroid dienone is 1. The Morgan fingerprint density at radius 1 is 1.28 bits per heavy atom. The number of carbonyl (C=O) groups excluding carboxylic acids is 1. The molecule has 2 aromatic rings. The Balaban J connectivity index is 2.18. The summed E-state index contributed by atoms with van der Waals surface area (Å²) in [5, 5.41) is 13.7. The summed E-state index contributed by atoms with van der Waals surface area (Å²) >= 11 is 0. The molecular weight excluding hydrogens is 230 g/mol. The van der Waals surface area contributed by atoms with Crippen molar-refractivity contribution in [3.05, 3.63) is 59.8 Å². The van der Waals surface area contributed by atoms with Gasteiger partial charge in [0.15, 0.2) is 18.1 Å². The van der Waals surface area contributed by atoms with E-state index in [1.54, 1.807) is 6.07 Å². The largest absolute Gasteiger partial charge is 0.618 e. The van der Waals surface area contributed by atoms with Gasteiger partial charge in [-0.1, -0.05) is 18.2 Å². The van der Waals surface area contributed by atoms with Crippen molar-refractivity contribution in [2.45, 2.75) is 12.5 Å². The molecule has 1 atom stereocenters. The van der Waals surface area contributed by atoms with Gasteiger partial charge in [0.25, 0.3) is 0 Å². The number of aromatic nitrogens is 1. The highest BCUT2D eigenvalue weighted by Gasteiger charge is 2.27. The minimum atomic E-state index is -0.508. The van der Waals surface area contributed by atoms with Crippen LogP contribution in [0.15, 0.2) is 48.9 Å². The van der Waals surface area contributed by atoms with Gasteiger partial charge >= 0.3 is 0 Å². The van der Waals surface area contributed by atoms with Gasteiger partial charge in [0, 0.05) is 12.1 Å². The number of ether oxygens (including phenoxy) is 1. The van der Waals surface area contributed by atoms with E-state index < -0.39 is 6.10 Å². The summed E-state index contributed by atoms with van der Waals surface area (Å²) in [5.74, 6) is -0.0285. The van der Waals surface area contributed by atoms with E-state index in [4.69, 9.17) is 4.74 Å². The third-order valence-corrected chi connectivity index (χ3v) is 3.05. The molecule has 0 fully saturated rings.